The van der Waals surface area contributed by atoms with Crippen molar-refractivity contribution < 1.29 is 10.2 Å². The summed E-state index contributed by atoms with van der Waals surface area (Å²) in [6.45, 7) is 0. The largest absolute Gasteiger partial charge is 0.506 e. The molecule has 0 aliphatic rings. The Morgan fingerprint density at radius 3 is 1.76 bits per heavy atom. The van der Waals surface area contributed by atoms with E-state index in [0.717, 1.165) is 30.1 Å². The minimum atomic E-state index is 0.0915. The van der Waals surface area contributed by atoms with Gasteiger partial charge in [-0.2, -0.15) is 0 Å². The van der Waals surface area contributed by atoms with Gasteiger partial charge in [0.25, 0.3) is 0 Å². The number of nitrogens with two attached hydrogens (primary N) is 2. The lowest BCUT2D eigenvalue weighted by atomic mass is 9.87. The van der Waals surface area contributed by atoms with Crippen LogP contribution in [0.5, 0.6) is 11.5 Å². The molecular weight excluding hydrogens is 283 g/mol. The lowest BCUT2D eigenvalue weighted by molar-refractivity contribution is 0.477. The molecule has 0 aliphatic carbocycles. The Morgan fingerprint density at radius 1 is 0.905 bits per heavy atom. The summed E-state index contributed by atoms with van der Waals surface area (Å²) in [4.78, 5) is 0. The highest BCUT2D eigenvalue weighted by molar-refractivity contribution is 7.16. The van der Waals surface area contributed by atoms with Crippen LogP contribution in [-0.2, 0) is 0 Å². The molecule has 1 atom stereocenters. The number of anilines is 2. The number of hydrogen-bond donors (Lipinski definition) is 4. The fourth-order valence-corrected chi connectivity index (χ4v) is 2.66. The molecule has 5 heteroatoms. The Kier molecular flexibility index (Phi) is 4.92. The maximum absolute atomic E-state index is 9.57. The summed E-state index contributed by atoms with van der Waals surface area (Å²) in [6.07, 6.45) is 2.99. The van der Waals surface area contributed by atoms with Gasteiger partial charge in [-0.25, -0.2) is 0 Å². The van der Waals surface area contributed by atoms with Gasteiger partial charge in [0.1, 0.15) is 11.5 Å². The third-order valence-electron chi connectivity index (χ3n) is 3.60. The SMILES string of the molecule is Nc1cc(C(CCCP)c2ccc(O)c(N)c2)ccc1O. The van der Waals surface area contributed by atoms with E-state index in [9.17, 15) is 10.2 Å². The lowest BCUT2D eigenvalue weighted by Crippen LogP contribution is -2.04. The minimum Gasteiger partial charge on any atom is -0.506 e. The average molecular weight is 304 g/mol. The first-order valence-electron chi connectivity index (χ1n) is 6.89. The summed E-state index contributed by atoms with van der Waals surface area (Å²) in [7, 11) is 2.72. The van der Waals surface area contributed by atoms with Gasteiger partial charge in [0.2, 0.25) is 0 Å². The van der Waals surface area contributed by atoms with Gasteiger partial charge in [-0.1, -0.05) is 12.1 Å². The molecule has 0 bridgehead atoms. The van der Waals surface area contributed by atoms with Crippen LogP contribution >= 0.6 is 9.24 Å². The Labute approximate surface area is 127 Å². The lowest BCUT2D eigenvalue weighted by Gasteiger charge is -2.19. The van der Waals surface area contributed by atoms with Gasteiger partial charge in [-0.3, -0.25) is 0 Å². The third kappa shape index (κ3) is 3.59. The molecule has 0 radical (unpaired) electrons. The highest BCUT2D eigenvalue weighted by atomic mass is 31.0. The van der Waals surface area contributed by atoms with Crippen molar-refractivity contribution in [2.75, 3.05) is 17.6 Å². The van der Waals surface area contributed by atoms with E-state index in [4.69, 9.17) is 11.5 Å². The predicted molar refractivity (Wildman–Crippen MR) is 90.7 cm³/mol. The maximum atomic E-state index is 9.57. The summed E-state index contributed by atoms with van der Waals surface area (Å²) >= 11 is 0. The molecule has 21 heavy (non-hydrogen) atoms. The number of hydrogen-bond acceptors (Lipinski definition) is 4. The van der Waals surface area contributed by atoms with Crippen molar-refractivity contribution in [3.8, 4) is 11.5 Å². The Morgan fingerprint density at radius 2 is 1.38 bits per heavy atom. The minimum absolute atomic E-state index is 0.0915. The summed E-state index contributed by atoms with van der Waals surface area (Å²) in [6, 6.07) is 10.6. The summed E-state index contributed by atoms with van der Waals surface area (Å²) in [5, 5.41) is 19.1. The van der Waals surface area contributed by atoms with Crippen LogP contribution in [0.4, 0.5) is 11.4 Å². The quantitative estimate of drug-likeness (QED) is 0.388. The van der Waals surface area contributed by atoms with Crippen molar-refractivity contribution in [3.63, 3.8) is 0 Å². The summed E-state index contributed by atoms with van der Waals surface area (Å²) in [5.74, 6) is 0.318. The molecule has 2 aromatic rings. The molecule has 112 valence electrons. The first-order chi connectivity index (χ1) is 10.0. The molecule has 0 amide bonds. The van der Waals surface area contributed by atoms with E-state index in [0.29, 0.717) is 11.4 Å². The van der Waals surface area contributed by atoms with Crippen molar-refractivity contribution >= 4 is 20.6 Å². The molecule has 0 spiro atoms. The van der Waals surface area contributed by atoms with Crippen LogP contribution in [0.25, 0.3) is 0 Å². The van der Waals surface area contributed by atoms with Crippen molar-refractivity contribution in [3.05, 3.63) is 47.5 Å². The number of aromatic hydroxyl groups is 2. The van der Waals surface area contributed by atoms with E-state index >= 15 is 0 Å². The zero-order chi connectivity index (χ0) is 15.4. The number of phenols is 2. The Balaban J connectivity index is 2.41. The van der Waals surface area contributed by atoms with Crippen LogP contribution in [0.2, 0.25) is 0 Å². The van der Waals surface area contributed by atoms with E-state index in [1.807, 2.05) is 12.1 Å². The predicted octanol–water partition coefficient (Wildman–Crippen LogP) is 3.05. The van der Waals surface area contributed by atoms with E-state index in [1.54, 1.807) is 24.3 Å². The van der Waals surface area contributed by atoms with Gasteiger partial charge in [0.15, 0.2) is 0 Å². The monoisotopic (exact) mass is 304 g/mol. The number of rotatable bonds is 5. The number of benzene rings is 2. The fraction of sp³-hybridized carbons (Fsp3) is 0.250. The highest BCUT2D eigenvalue weighted by Gasteiger charge is 2.16. The summed E-state index contributed by atoms with van der Waals surface area (Å²) < 4.78 is 0. The smallest absolute Gasteiger partial charge is 0.138 e. The van der Waals surface area contributed by atoms with Crippen molar-refractivity contribution in [1.82, 2.24) is 0 Å². The molecule has 4 nitrogen and oxygen atoms in total. The van der Waals surface area contributed by atoms with Crippen LogP contribution in [0.15, 0.2) is 36.4 Å². The van der Waals surface area contributed by atoms with Crippen LogP contribution in [0.1, 0.15) is 29.9 Å². The number of phenolic OH excluding ortho intramolecular Hbond substituents is 2. The van der Waals surface area contributed by atoms with E-state index < -0.39 is 0 Å². The third-order valence-corrected chi connectivity index (χ3v) is 4.01. The van der Waals surface area contributed by atoms with E-state index in [-0.39, 0.29) is 17.4 Å². The molecule has 0 heterocycles. The second-order valence-corrected chi connectivity index (χ2v) is 5.70. The Bertz CT molecular complexity index is 580. The average Bonchev–Trinajstić information content (AvgIpc) is 2.46. The summed E-state index contributed by atoms with van der Waals surface area (Å²) in [5.41, 5.74) is 14.4. The zero-order valence-electron chi connectivity index (χ0n) is 11.8. The molecule has 0 saturated carbocycles. The van der Waals surface area contributed by atoms with E-state index in [1.165, 1.54) is 0 Å². The maximum Gasteiger partial charge on any atom is 0.138 e. The van der Waals surface area contributed by atoms with Gasteiger partial charge in [-0.05, 0) is 54.4 Å². The first-order valence-corrected chi connectivity index (χ1v) is 7.71. The molecule has 0 aliphatic heterocycles. The van der Waals surface area contributed by atoms with E-state index in [2.05, 4.69) is 9.24 Å². The van der Waals surface area contributed by atoms with Crippen molar-refractivity contribution in [2.24, 2.45) is 0 Å². The van der Waals surface area contributed by atoms with Gasteiger partial charge in [-0.15, -0.1) is 9.24 Å². The first kappa shape index (κ1) is 15.5. The molecule has 6 N–H and O–H groups in total. The fourth-order valence-electron chi connectivity index (χ4n) is 2.43. The second-order valence-electron chi connectivity index (χ2n) is 5.12. The van der Waals surface area contributed by atoms with Gasteiger partial charge >= 0.3 is 0 Å². The molecule has 0 fully saturated rings. The van der Waals surface area contributed by atoms with Crippen LogP contribution < -0.4 is 11.5 Å². The standard InChI is InChI=1S/C16H21N2O2P/c17-13-8-10(3-5-15(13)19)12(2-1-7-21)11-4-6-16(20)14(18)9-11/h3-6,8-9,12,19-20H,1-2,7,17-18,21H2. The van der Waals surface area contributed by atoms with Crippen LogP contribution in [-0.4, -0.2) is 16.4 Å². The highest BCUT2D eigenvalue weighted by Crippen LogP contribution is 2.35. The molecule has 0 aromatic heterocycles. The normalized spacial score (nSPS) is 11.0. The second kappa shape index (κ2) is 6.68. The molecule has 2 aromatic carbocycles. The number of nitrogen functional groups attached to an aromatic ring is 2. The molecule has 0 saturated heterocycles. The van der Waals surface area contributed by atoms with Crippen LogP contribution in [0.3, 0.4) is 0 Å². The van der Waals surface area contributed by atoms with Crippen molar-refractivity contribution in [1.29, 1.82) is 0 Å². The molecule has 1 unspecified atom stereocenters. The van der Waals surface area contributed by atoms with Gasteiger partial charge < -0.3 is 21.7 Å². The topological polar surface area (TPSA) is 92.5 Å². The zero-order valence-corrected chi connectivity index (χ0v) is 12.9. The van der Waals surface area contributed by atoms with Crippen molar-refractivity contribution in [2.45, 2.75) is 18.8 Å². The Hall–Kier alpha value is -1.93. The van der Waals surface area contributed by atoms with Crippen LogP contribution in [0, 0.1) is 0 Å². The van der Waals surface area contributed by atoms with Gasteiger partial charge in [0.05, 0.1) is 11.4 Å². The molecular formula is C16H21N2O2P. The molecule has 2 rings (SSSR count). The van der Waals surface area contributed by atoms with Gasteiger partial charge in [0, 0.05) is 5.92 Å².